The molecule has 2 heterocycles. The normalized spacial score (nSPS) is 22.8. The fourth-order valence-corrected chi connectivity index (χ4v) is 4.11. The van der Waals surface area contributed by atoms with Crippen LogP contribution in [0.25, 0.3) is 11.3 Å². The maximum absolute atomic E-state index is 10.7. The van der Waals surface area contributed by atoms with E-state index < -0.39 is 0 Å². The molecule has 0 radical (unpaired) electrons. The summed E-state index contributed by atoms with van der Waals surface area (Å²) in [6.07, 6.45) is 10.7. The van der Waals surface area contributed by atoms with Crippen molar-refractivity contribution in [3.8, 4) is 11.3 Å². The molecule has 1 aliphatic carbocycles. The number of hydrogen-bond acceptors (Lipinski definition) is 2. The SMILES string of the molecule is O[C@@H](C[C@H]1c2ccccc2-c2cncn21)C1CCCCC1. The van der Waals surface area contributed by atoms with Crippen molar-refractivity contribution >= 4 is 0 Å². The second-order valence-electron chi connectivity index (χ2n) is 6.49. The number of hydrogen-bond donors (Lipinski definition) is 1. The maximum atomic E-state index is 10.7. The molecule has 0 unspecified atom stereocenters. The molecule has 21 heavy (non-hydrogen) atoms. The summed E-state index contributed by atoms with van der Waals surface area (Å²) in [4.78, 5) is 4.29. The first kappa shape index (κ1) is 13.1. The number of benzene rings is 1. The topological polar surface area (TPSA) is 38.1 Å². The van der Waals surface area contributed by atoms with Gasteiger partial charge in [-0.2, -0.15) is 0 Å². The molecule has 0 spiro atoms. The van der Waals surface area contributed by atoms with Crippen LogP contribution in [0, 0.1) is 5.92 Å². The van der Waals surface area contributed by atoms with Crippen LogP contribution in [-0.4, -0.2) is 20.8 Å². The van der Waals surface area contributed by atoms with Crippen LogP contribution in [0.3, 0.4) is 0 Å². The van der Waals surface area contributed by atoms with Crippen molar-refractivity contribution in [3.63, 3.8) is 0 Å². The Hall–Kier alpha value is -1.61. The molecule has 110 valence electrons. The smallest absolute Gasteiger partial charge is 0.0956 e. The highest BCUT2D eigenvalue weighted by Gasteiger charge is 2.32. The lowest BCUT2D eigenvalue weighted by Gasteiger charge is -2.29. The number of fused-ring (bicyclic) bond motifs is 3. The number of rotatable bonds is 3. The van der Waals surface area contributed by atoms with Gasteiger partial charge in [0.05, 0.1) is 30.4 Å². The Kier molecular flexibility index (Phi) is 3.30. The van der Waals surface area contributed by atoms with E-state index in [4.69, 9.17) is 0 Å². The van der Waals surface area contributed by atoms with Gasteiger partial charge in [-0.3, -0.25) is 0 Å². The van der Waals surface area contributed by atoms with E-state index in [9.17, 15) is 5.11 Å². The Labute approximate surface area is 125 Å². The zero-order valence-corrected chi connectivity index (χ0v) is 12.3. The summed E-state index contributed by atoms with van der Waals surface area (Å²) >= 11 is 0. The number of imidazole rings is 1. The predicted molar refractivity (Wildman–Crippen MR) is 83.0 cm³/mol. The van der Waals surface area contributed by atoms with Crippen LogP contribution >= 0.6 is 0 Å². The summed E-state index contributed by atoms with van der Waals surface area (Å²) in [6.45, 7) is 0. The Morgan fingerprint density at radius 2 is 2.00 bits per heavy atom. The molecule has 3 heteroatoms. The molecule has 0 saturated heterocycles. The van der Waals surface area contributed by atoms with Crippen LogP contribution in [0.4, 0.5) is 0 Å². The van der Waals surface area contributed by atoms with Gasteiger partial charge in [-0.25, -0.2) is 4.98 Å². The number of aliphatic hydroxyl groups is 1. The van der Waals surface area contributed by atoms with Crippen LogP contribution in [0.15, 0.2) is 36.8 Å². The summed E-state index contributed by atoms with van der Waals surface area (Å²) in [6, 6.07) is 8.78. The van der Waals surface area contributed by atoms with Gasteiger partial charge < -0.3 is 9.67 Å². The molecule has 1 saturated carbocycles. The number of aliphatic hydroxyl groups excluding tert-OH is 1. The van der Waals surface area contributed by atoms with Crippen LogP contribution in [0.5, 0.6) is 0 Å². The van der Waals surface area contributed by atoms with Gasteiger partial charge >= 0.3 is 0 Å². The quantitative estimate of drug-likeness (QED) is 0.930. The molecule has 0 amide bonds. The first-order valence-electron chi connectivity index (χ1n) is 8.14. The molecule has 1 fully saturated rings. The molecule has 1 aliphatic heterocycles. The van der Waals surface area contributed by atoms with E-state index in [0.29, 0.717) is 5.92 Å². The molecular formula is C18H22N2O. The summed E-state index contributed by atoms with van der Waals surface area (Å²) in [5.74, 6) is 0.485. The largest absolute Gasteiger partial charge is 0.393 e. The van der Waals surface area contributed by atoms with Crippen LogP contribution in [-0.2, 0) is 0 Å². The fraction of sp³-hybridized carbons (Fsp3) is 0.500. The molecule has 2 atom stereocenters. The highest BCUT2D eigenvalue weighted by atomic mass is 16.3. The van der Waals surface area contributed by atoms with E-state index in [1.807, 2.05) is 12.5 Å². The molecule has 3 nitrogen and oxygen atoms in total. The maximum Gasteiger partial charge on any atom is 0.0956 e. The lowest BCUT2D eigenvalue weighted by atomic mass is 9.82. The summed E-state index contributed by atoms with van der Waals surface area (Å²) < 4.78 is 2.23. The summed E-state index contributed by atoms with van der Waals surface area (Å²) in [5.41, 5.74) is 3.80. The first-order chi connectivity index (χ1) is 10.3. The molecule has 4 rings (SSSR count). The van der Waals surface area contributed by atoms with Crippen LogP contribution in [0.1, 0.15) is 50.1 Å². The van der Waals surface area contributed by atoms with E-state index in [-0.39, 0.29) is 12.1 Å². The molecule has 2 aliphatic rings. The Bertz CT molecular complexity index is 628. The lowest BCUT2D eigenvalue weighted by Crippen LogP contribution is -2.26. The Morgan fingerprint density at radius 3 is 2.86 bits per heavy atom. The molecule has 2 aromatic rings. The monoisotopic (exact) mass is 282 g/mol. The average Bonchev–Trinajstić information content (AvgIpc) is 3.11. The van der Waals surface area contributed by atoms with Gasteiger partial charge in [0.1, 0.15) is 0 Å². The fourth-order valence-electron chi connectivity index (χ4n) is 4.11. The van der Waals surface area contributed by atoms with Crippen molar-refractivity contribution in [3.05, 3.63) is 42.4 Å². The van der Waals surface area contributed by atoms with Gasteiger partial charge in [-0.05, 0) is 30.7 Å². The van der Waals surface area contributed by atoms with Crippen LogP contribution in [0.2, 0.25) is 0 Å². The van der Waals surface area contributed by atoms with Crippen LogP contribution < -0.4 is 0 Å². The van der Waals surface area contributed by atoms with E-state index in [2.05, 4.69) is 33.8 Å². The molecular weight excluding hydrogens is 260 g/mol. The van der Waals surface area contributed by atoms with E-state index in [1.165, 1.54) is 48.9 Å². The minimum Gasteiger partial charge on any atom is -0.393 e. The standard InChI is InChI=1S/C18H22N2O/c21-18(13-6-2-1-3-7-13)10-16-14-8-4-5-9-15(14)17-11-19-12-20(16)17/h4-5,8-9,11-13,16,18,21H,1-3,6-7,10H2/t16-,18-/m0/s1. The summed E-state index contributed by atoms with van der Waals surface area (Å²) in [5, 5.41) is 10.7. The van der Waals surface area contributed by atoms with Gasteiger partial charge in [0.2, 0.25) is 0 Å². The number of aromatic nitrogens is 2. The third-order valence-corrected chi connectivity index (χ3v) is 5.26. The second kappa shape index (κ2) is 5.30. The minimum absolute atomic E-state index is 0.197. The van der Waals surface area contributed by atoms with Crippen molar-refractivity contribution in [2.24, 2.45) is 5.92 Å². The van der Waals surface area contributed by atoms with Crippen molar-refractivity contribution in [1.82, 2.24) is 9.55 Å². The molecule has 1 aromatic heterocycles. The van der Waals surface area contributed by atoms with E-state index in [0.717, 1.165) is 6.42 Å². The van der Waals surface area contributed by atoms with Crippen molar-refractivity contribution < 1.29 is 5.11 Å². The Balaban J connectivity index is 1.60. The first-order valence-corrected chi connectivity index (χ1v) is 8.14. The van der Waals surface area contributed by atoms with Gasteiger partial charge in [0.25, 0.3) is 0 Å². The van der Waals surface area contributed by atoms with Gasteiger partial charge in [0, 0.05) is 5.56 Å². The van der Waals surface area contributed by atoms with Gasteiger partial charge in [0.15, 0.2) is 0 Å². The molecule has 1 N–H and O–H groups in total. The van der Waals surface area contributed by atoms with Gasteiger partial charge in [-0.15, -0.1) is 0 Å². The zero-order chi connectivity index (χ0) is 14.2. The highest BCUT2D eigenvalue weighted by molar-refractivity contribution is 5.68. The molecule has 0 bridgehead atoms. The molecule has 1 aromatic carbocycles. The third-order valence-electron chi connectivity index (χ3n) is 5.26. The van der Waals surface area contributed by atoms with Crippen molar-refractivity contribution in [2.75, 3.05) is 0 Å². The zero-order valence-electron chi connectivity index (χ0n) is 12.3. The highest BCUT2D eigenvalue weighted by Crippen LogP contribution is 2.42. The van der Waals surface area contributed by atoms with Gasteiger partial charge in [-0.1, -0.05) is 43.5 Å². The second-order valence-corrected chi connectivity index (χ2v) is 6.49. The lowest BCUT2D eigenvalue weighted by molar-refractivity contribution is 0.0686. The van der Waals surface area contributed by atoms with E-state index >= 15 is 0 Å². The van der Waals surface area contributed by atoms with Crippen molar-refractivity contribution in [1.29, 1.82) is 0 Å². The van der Waals surface area contributed by atoms with Crippen molar-refractivity contribution in [2.45, 2.75) is 50.7 Å². The predicted octanol–water partition coefficient (Wildman–Crippen LogP) is 3.78. The summed E-state index contributed by atoms with van der Waals surface area (Å²) in [7, 11) is 0. The minimum atomic E-state index is -0.197. The Morgan fingerprint density at radius 1 is 1.19 bits per heavy atom. The van der Waals surface area contributed by atoms with E-state index in [1.54, 1.807) is 0 Å². The average molecular weight is 282 g/mol. The number of nitrogens with zero attached hydrogens (tertiary/aromatic N) is 2. The third kappa shape index (κ3) is 2.20.